The molecule has 12 heteroatoms. The van der Waals surface area contributed by atoms with Crippen molar-refractivity contribution >= 4 is 15.9 Å². The lowest BCUT2D eigenvalue weighted by molar-refractivity contribution is -0.138. The third-order valence-corrected chi connectivity index (χ3v) is 8.38. The zero-order valence-corrected chi connectivity index (χ0v) is 20.0. The summed E-state index contributed by atoms with van der Waals surface area (Å²) in [6.07, 6.45) is -3.93. The quantitative estimate of drug-likeness (QED) is 0.545. The highest BCUT2D eigenvalue weighted by Gasteiger charge is 2.39. The monoisotopic (exact) mass is 511 g/mol. The maximum Gasteiger partial charge on any atom is 0.416 e. The third kappa shape index (κ3) is 6.25. The number of piperidine rings is 2. The fourth-order valence-corrected chi connectivity index (χ4v) is 6.62. The van der Waals surface area contributed by atoms with Crippen molar-refractivity contribution in [3.63, 3.8) is 0 Å². The smallest absolute Gasteiger partial charge is 0.341 e. The molecule has 0 radical (unpaired) electrons. The van der Waals surface area contributed by atoms with Crippen molar-refractivity contribution in [2.75, 3.05) is 32.7 Å². The number of alkyl halides is 5. The first kappa shape index (κ1) is 26.8. The minimum atomic E-state index is -4.67. The predicted molar refractivity (Wildman–Crippen MR) is 116 cm³/mol. The molecule has 2 fully saturated rings. The average Bonchev–Trinajstić information content (AvgIpc) is 2.72. The molecule has 2 aliphatic heterocycles. The minimum absolute atomic E-state index is 0.114. The van der Waals surface area contributed by atoms with Gasteiger partial charge in [-0.3, -0.25) is 9.69 Å². The number of hydrogen-bond acceptors (Lipinski definition) is 4. The van der Waals surface area contributed by atoms with E-state index in [4.69, 9.17) is 0 Å². The summed E-state index contributed by atoms with van der Waals surface area (Å²) in [4.78, 5) is 15.2. The van der Waals surface area contributed by atoms with Crippen LogP contribution < -0.4 is 0 Å². The van der Waals surface area contributed by atoms with E-state index in [0.29, 0.717) is 31.9 Å². The van der Waals surface area contributed by atoms with E-state index in [9.17, 15) is 35.2 Å². The summed E-state index contributed by atoms with van der Waals surface area (Å²) in [6.45, 7) is 3.65. The van der Waals surface area contributed by atoms with Gasteiger partial charge in [0.25, 0.3) is 5.92 Å². The van der Waals surface area contributed by atoms with Crippen LogP contribution >= 0.6 is 0 Å². The molecule has 3 rings (SSSR count). The fourth-order valence-electron chi connectivity index (χ4n) is 4.69. The Labute approximate surface area is 196 Å². The van der Waals surface area contributed by atoms with E-state index < -0.39 is 51.2 Å². The summed E-state index contributed by atoms with van der Waals surface area (Å²) in [5.74, 6) is -3.09. The Hall–Kier alpha value is -1.79. The van der Waals surface area contributed by atoms with Crippen molar-refractivity contribution in [3.8, 4) is 0 Å². The Bertz CT molecular complexity index is 976. The number of carbonyl (C=O) groups is 1. The molecule has 34 heavy (non-hydrogen) atoms. The van der Waals surface area contributed by atoms with Gasteiger partial charge in [0, 0.05) is 31.6 Å². The van der Waals surface area contributed by atoms with Gasteiger partial charge in [-0.1, -0.05) is 6.07 Å². The summed E-state index contributed by atoms with van der Waals surface area (Å²) >= 11 is 0. The van der Waals surface area contributed by atoms with E-state index >= 15 is 0 Å². The molecule has 0 N–H and O–H groups in total. The van der Waals surface area contributed by atoms with Gasteiger partial charge in [0.1, 0.15) is 0 Å². The first-order valence-corrected chi connectivity index (χ1v) is 12.7. The number of halogens is 5. The summed E-state index contributed by atoms with van der Waals surface area (Å²) in [7, 11) is -4.22. The number of likely N-dealkylation sites (tertiary alicyclic amines) is 2. The van der Waals surface area contributed by atoms with Crippen LogP contribution in [0.2, 0.25) is 0 Å². The molecule has 192 valence electrons. The number of nitrogens with zero attached hydrogens (tertiary/aromatic N) is 3. The van der Waals surface area contributed by atoms with Crippen molar-refractivity contribution in [1.82, 2.24) is 14.1 Å². The van der Waals surface area contributed by atoms with Crippen molar-refractivity contribution in [1.29, 1.82) is 0 Å². The molecule has 2 heterocycles. The Morgan fingerprint density at radius 1 is 1.18 bits per heavy atom. The predicted octanol–water partition coefficient (Wildman–Crippen LogP) is 3.83. The Morgan fingerprint density at radius 2 is 1.82 bits per heavy atom. The lowest BCUT2D eigenvalue weighted by atomic mass is 10.0. The van der Waals surface area contributed by atoms with Crippen LogP contribution in [0.3, 0.4) is 0 Å². The van der Waals surface area contributed by atoms with Crippen LogP contribution in [-0.4, -0.2) is 79.2 Å². The lowest BCUT2D eigenvalue weighted by Gasteiger charge is -2.40. The molecule has 0 atom stereocenters. The van der Waals surface area contributed by atoms with Gasteiger partial charge < -0.3 is 4.90 Å². The van der Waals surface area contributed by atoms with E-state index in [2.05, 4.69) is 0 Å². The molecule has 0 bridgehead atoms. The van der Waals surface area contributed by atoms with Crippen LogP contribution in [0.1, 0.15) is 45.1 Å². The Balaban J connectivity index is 1.68. The maximum atomic E-state index is 13.6. The second kappa shape index (κ2) is 10.1. The average molecular weight is 512 g/mol. The van der Waals surface area contributed by atoms with Crippen LogP contribution in [0.15, 0.2) is 29.2 Å². The van der Waals surface area contributed by atoms with E-state index in [-0.39, 0.29) is 32.0 Å². The zero-order chi connectivity index (χ0) is 25.3. The van der Waals surface area contributed by atoms with Gasteiger partial charge in [-0.05, 0) is 57.9 Å². The summed E-state index contributed by atoms with van der Waals surface area (Å²) in [6, 6.07) is 2.66. The van der Waals surface area contributed by atoms with Gasteiger partial charge in [-0.2, -0.15) is 17.5 Å². The van der Waals surface area contributed by atoms with Crippen molar-refractivity contribution in [2.45, 2.75) is 68.6 Å². The fraction of sp³-hybridized carbons (Fsp3) is 0.682. The molecule has 2 aliphatic rings. The van der Waals surface area contributed by atoms with Crippen LogP contribution in [0.4, 0.5) is 22.0 Å². The molecule has 0 aliphatic carbocycles. The number of hydrogen-bond donors (Lipinski definition) is 0. The minimum Gasteiger partial charge on any atom is -0.341 e. The first-order valence-electron chi connectivity index (χ1n) is 11.3. The van der Waals surface area contributed by atoms with Crippen LogP contribution in [0.5, 0.6) is 0 Å². The number of carbonyl (C=O) groups excluding carboxylic acids is 1. The number of rotatable bonds is 6. The molecule has 1 amide bonds. The van der Waals surface area contributed by atoms with Crippen molar-refractivity contribution in [2.24, 2.45) is 0 Å². The van der Waals surface area contributed by atoms with Gasteiger partial charge in [-0.25, -0.2) is 17.2 Å². The summed E-state index contributed by atoms with van der Waals surface area (Å²) in [5.41, 5.74) is -1.04. The standard InChI is InChI=1S/C22H30F5N3O3S/c1-16(2)30(34(32,33)19-6-3-5-17(13-19)22(25,26)27)18-7-11-29(12-8-18)20(31)14-28-10-4-9-21(23,24)15-28/h3,5-6,13,16,18H,4,7-12,14-15H2,1-2H3. The summed E-state index contributed by atoms with van der Waals surface area (Å²) in [5, 5.41) is 0. The molecule has 0 unspecified atom stereocenters. The normalized spacial score (nSPS) is 20.8. The molecule has 0 aromatic heterocycles. The third-order valence-electron chi connectivity index (χ3n) is 6.25. The first-order chi connectivity index (χ1) is 15.7. The van der Waals surface area contributed by atoms with E-state index in [1.165, 1.54) is 9.21 Å². The van der Waals surface area contributed by atoms with E-state index in [1.807, 2.05) is 0 Å². The second-order valence-electron chi connectivity index (χ2n) is 9.24. The van der Waals surface area contributed by atoms with Crippen molar-refractivity contribution < 1.29 is 35.2 Å². The van der Waals surface area contributed by atoms with Crippen LogP contribution in [0.25, 0.3) is 0 Å². The maximum absolute atomic E-state index is 13.6. The molecular formula is C22H30F5N3O3S. The summed E-state index contributed by atoms with van der Waals surface area (Å²) < 4.78 is 94.4. The van der Waals surface area contributed by atoms with Crippen LogP contribution in [0, 0.1) is 0 Å². The molecular weight excluding hydrogens is 481 g/mol. The molecule has 6 nitrogen and oxygen atoms in total. The molecule has 1 aromatic rings. The Kier molecular flexibility index (Phi) is 7.93. The van der Waals surface area contributed by atoms with Gasteiger partial charge in [0.2, 0.25) is 15.9 Å². The molecule has 0 saturated carbocycles. The number of sulfonamides is 1. The molecule has 0 spiro atoms. The Morgan fingerprint density at radius 3 is 2.38 bits per heavy atom. The van der Waals surface area contributed by atoms with Crippen molar-refractivity contribution in [3.05, 3.63) is 29.8 Å². The molecule has 1 aromatic carbocycles. The van der Waals surface area contributed by atoms with Crippen LogP contribution in [-0.2, 0) is 21.0 Å². The molecule has 2 saturated heterocycles. The van der Waals surface area contributed by atoms with E-state index in [0.717, 1.165) is 18.2 Å². The second-order valence-corrected chi connectivity index (χ2v) is 11.1. The van der Waals surface area contributed by atoms with Gasteiger partial charge >= 0.3 is 6.18 Å². The van der Waals surface area contributed by atoms with E-state index in [1.54, 1.807) is 18.7 Å². The van der Waals surface area contributed by atoms with Gasteiger partial charge in [0.05, 0.1) is 23.5 Å². The SMILES string of the molecule is CC(C)N(C1CCN(C(=O)CN2CCCC(F)(F)C2)CC1)S(=O)(=O)c1cccc(C(F)(F)F)c1. The zero-order valence-electron chi connectivity index (χ0n) is 19.2. The van der Waals surface area contributed by atoms with Gasteiger partial charge in [-0.15, -0.1) is 0 Å². The van der Waals surface area contributed by atoms with Gasteiger partial charge in [0.15, 0.2) is 0 Å². The lowest BCUT2D eigenvalue weighted by Crippen LogP contribution is -2.53. The topological polar surface area (TPSA) is 60.9 Å². The largest absolute Gasteiger partial charge is 0.416 e. The number of amides is 1. The highest BCUT2D eigenvalue weighted by molar-refractivity contribution is 7.89. The highest BCUT2D eigenvalue weighted by Crippen LogP contribution is 2.33. The number of benzene rings is 1. The highest BCUT2D eigenvalue weighted by atomic mass is 32.2.